The Bertz CT molecular complexity index is 356. The minimum Gasteiger partial charge on any atom is -0.220 e. The largest absolute Gasteiger partial charge is 0.408 e. The number of rotatable bonds is 4. The zero-order valence-electron chi connectivity index (χ0n) is 9.95. The summed E-state index contributed by atoms with van der Waals surface area (Å²) >= 11 is 1.53. The highest BCUT2D eigenvalue weighted by molar-refractivity contribution is 7.98. The highest BCUT2D eigenvalue weighted by Crippen LogP contribution is 2.23. The van der Waals surface area contributed by atoms with Crippen LogP contribution in [0.3, 0.4) is 0 Å². The lowest BCUT2D eigenvalue weighted by Crippen LogP contribution is -2.20. The molecule has 0 unspecified atom stereocenters. The van der Waals surface area contributed by atoms with E-state index in [1.807, 2.05) is 0 Å². The van der Waals surface area contributed by atoms with Crippen LogP contribution in [0, 0.1) is 5.41 Å². The van der Waals surface area contributed by atoms with Gasteiger partial charge in [-0.2, -0.15) is 24.9 Å². The maximum absolute atomic E-state index is 12.2. The van der Waals surface area contributed by atoms with Gasteiger partial charge in [-0.05, 0) is 21.6 Å². The molecular formula is C9H15F3N4S. The second kappa shape index (κ2) is 5.24. The standard InChI is InChI=1S/C9H15F3N4S/c1-8(2,3)6-17-4-7-13-14-15-16(7)5-9(10,11)12/h4-6H2,1-3H3. The van der Waals surface area contributed by atoms with Crippen LogP contribution in [0.2, 0.25) is 0 Å². The van der Waals surface area contributed by atoms with E-state index in [1.165, 1.54) is 11.8 Å². The van der Waals surface area contributed by atoms with Crippen LogP contribution in [0.4, 0.5) is 13.2 Å². The third kappa shape index (κ3) is 5.90. The first-order valence-electron chi connectivity index (χ1n) is 5.07. The summed E-state index contributed by atoms with van der Waals surface area (Å²) < 4.78 is 37.4. The minimum atomic E-state index is -4.29. The smallest absolute Gasteiger partial charge is 0.220 e. The summed E-state index contributed by atoms with van der Waals surface area (Å²) in [6.45, 7) is 5.07. The normalized spacial score (nSPS) is 13.1. The number of aromatic nitrogens is 4. The molecule has 1 rings (SSSR count). The van der Waals surface area contributed by atoms with Crippen LogP contribution in [0.25, 0.3) is 0 Å². The zero-order chi connectivity index (χ0) is 13.1. The Morgan fingerprint density at radius 2 is 1.88 bits per heavy atom. The second-order valence-electron chi connectivity index (χ2n) is 4.92. The first-order chi connectivity index (χ1) is 7.67. The van der Waals surface area contributed by atoms with Crippen LogP contribution in [-0.2, 0) is 12.3 Å². The van der Waals surface area contributed by atoms with Gasteiger partial charge >= 0.3 is 6.18 Å². The Morgan fingerprint density at radius 1 is 1.24 bits per heavy atom. The first kappa shape index (κ1) is 14.3. The van der Waals surface area contributed by atoms with Gasteiger partial charge in [0.1, 0.15) is 6.54 Å². The van der Waals surface area contributed by atoms with Gasteiger partial charge in [0.25, 0.3) is 0 Å². The fraction of sp³-hybridized carbons (Fsp3) is 0.889. The van der Waals surface area contributed by atoms with Crippen molar-refractivity contribution in [3.05, 3.63) is 5.82 Å². The molecule has 17 heavy (non-hydrogen) atoms. The van der Waals surface area contributed by atoms with Crippen LogP contribution >= 0.6 is 11.8 Å². The summed E-state index contributed by atoms with van der Waals surface area (Å²) in [6, 6.07) is 0. The van der Waals surface area contributed by atoms with E-state index in [-0.39, 0.29) is 11.2 Å². The Hall–Kier alpha value is -0.790. The van der Waals surface area contributed by atoms with Crippen molar-refractivity contribution < 1.29 is 13.2 Å². The van der Waals surface area contributed by atoms with Crippen LogP contribution in [0.1, 0.15) is 26.6 Å². The molecule has 0 saturated heterocycles. The van der Waals surface area contributed by atoms with E-state index >= 15 is 0 Å². The fourth-order valence-corrected chi connectivity index (χ4v) is 2.17. The van der Waals surface area contributed by atoms with Gasteiger partial charge < -0.3 is 0 Å². The van der Waals surface area contributed by atoms with Crippen LogP contribution in [-0.4, -0.2) is 32.1 Å². The topological polar surface area (TPSA) is 43.6 Å². The van der Waals surface area contributed by atoms with Gasteiger partial charge in [-0.3, -0.25) is 0 Å². The molecule has 0 fully saturated rings. The van der Waals surface area contributed by atoms with Crippen molar-refractivity contribution in [1.29, 1.82) is 0 Å². The zero-order valence-corrected chi connectivity index (χ0v) is 10.8. The lowest BCUT2D eigenvalue weighted by Gasteiger charge is -2.16. The van der Waals surface area contributed by atoms with Gasteiger partial charge in [0.05, 0.1) is 5.75 Å². The van der Waals surface area contributed by atoms with Crippen molar-refractivity contribution in [2.75, 3.05) is 5.75 Å². The highest BCUT2D eigenvalue weighted by atomic mass is 32.2. The van der Waals surface area contributed by atoms with E-state index in [0.29, 0.717) is 5.75 Å². The van der Waals surface area contributed by atoms with Crippen molar-refractivity contribution in [3.63, 3.8) is 0 Å². The molecule has 0 radical (unpaired) electrons. The van der Waals surface area contributed by atoms with Gasteiger partial charge in [0, 0.05) is 0 Å². The Kier molecular flexibility index (Phi) is 4.40. The molecule has 0 aromatic carbocycles. The number of alkyl halides is 3. The lowest BCUT2D eigenvalue weighted by atomic mass is 10.0. The molecule has 0 atom stereocenters. The van der Waals surface area contributed by atoms with Crippen molar-refractivity contribution in [2.24, 2.45) is 5.41 Å². The van der Waals surface area contributed by atoms with E-state index in [0.717, 1.165) is 10.4 Å². The number of hydrogen-bond donors (Lipinski definition) is 0. The third-order valence-corrected chi connectivity index (χ3v) is 3.23. The van der Waals surface area contributed by atoms with Gasteiger partial charge in [0.15, 0.2) is 5.82 Å². The number of nitrogens with zero attached hydrogens (tertiary/aromatic N) is 4. The van der Waals surface area contributed by atoms with Crippen molar-refractivity contribution in [1.82, 2.24) is 20.2 Å². The molecule has 1 aromatic rings. The first-order valence-corrected chi connectivity index (χ1v) is 6.22. The van der Waals surface area contributed by atoms with E-state index < -0.39 is 12.7 Å². The van der Waals surface area contributed by atoms with Gasteiger partial charge in [-0.15, -0.1) is 5.10 Å². The van der Waals surface area contributed by atoms with Gasteiger partial charge in [0.2, 0.25) is 0 Å². The van der Waals surface area contributed by atoms with Crippen LogP contribution in [0.5, 0.6) is 0 Å². The molecule has 4 nitrogen and oxygen atoms in total. The molecule has 0 N–H and O–H groups in total. The number of thioether (sulfide) groups is 1. The number of tetrazole rings is 1. The maximum Gasteiger partial charge on any atom is 0.408 e. The highest BCUT2D eigenvalue weighted by Gasteiger charge is 2.30. The SMILES string of the molecule is CC(C)(C)CSCc1nnnn1CC(F)(F)F. The second-order valence-corrected chi connectivity index (χ2v) is 5.91. The average Bonchev–Trinajstić information content (AvgIpc) is 2.47. The lowest BCUT2D eigenvalue weighted by molar-refractivity contribution is -0.143. The molecule has 1 heterocycles. The van der Waals surface area contributed by atoms with Gasteiger partial charge in [-0.25, -0.2) is 4.68 Å². The molecule has 8 heteroatoms. The van der Waals surface area contributed by atoms with Crippen molar-refractivity contribution in [3.8, 4) is 0 Å². The summed E-state index contributed by atoms with van der Waals surface area (Å²) in [4.78, 5) is 0. The number of hydrogen-bond acceptors (Lipinski definition) is 4. The van der Waals surface area contributed by atoms with Crippen molar-refractivity contribution in [2.45, 2.75) is 39.2 Å². The Morgan fingerprint density at radius 3 is 2.41 bits per heavy atom. The summed E-state index contributed by atoms with van der Waals surface area (Å²) in [5.41, 5.74) is 0.132. The van der Waals surface area contributed by atoms with Crippen LogP contribution in [0.15, 0.2) is 0 Å². The maximum atomic E-state index is 12.2. The summed E-state index contributed by atoms with van der Waals surface area (Å²) in [5, 5.41) is 10.2. The van der Waals surface area contributed by atoms with Crippen LogP contribution < -0.4 is 0 Å². The summed E-state index contributed by atoms with van der Waals surface area (Å²) in [5.74, 6) is 1.49. The molecular weight excluding hydrogens is 253 g/mol. The third-order valence-electron chi connectivity index (χ3n) is 1.70. The summed E-state index contributed by atoms with van der Waals surface area (Å²) in [6.07, 6.45) is -4.29. The predicted octanol–water partition coefficient (Wildman–Crippen LogP) is 2.51. The Labute approximate surface area is 102 Å². The average molecular weight is 268 g/mol. The predicted molar refractivity (Wildman–Crippen MR) is 59.5 cm³/mol. The molecule has 0 spiro atoms. The Balaban J connectivity index is 2.52. The molecule has 0 aliphatic heterocycles. The van der Waals surface area contributed by atoms with E-state index in [2.05, 4.69) is 36.3 Å². The monoisotopic (exact) mass is 268 g/mol. The molecule has 0 saturated carbocycles. The summed E-state index contributed by atoms with van der Waals surface area (Å²) in [7, 11) is 0. The molecule has 98 valence electrons. The fourth-order valence-electron chi connectivity index (χ4n) is 1.07. The van der Waals surface area contributed by atoms with Gasteiger partial charge in [-0.1, -0.05) is 20.8 Å². The number of halogens is 3. The molecule has 0 aliphatic carbocycles. The minimum absolute atomic E-state index is 0.132. The molecule has 1 aromatic heterocycles. The van der Waals surface area contributed by atoms with E-state index in [1.54, 1.807) is 0 Å². The quantitative estimate of drug-likeness (QED) is 0.841. The van der Waals surface area contributed by atoms with Crippen molar-refractivity contribution >= 4 is 11.8 Å². The molecule has 0 amide bonds. The van der Waals surface area contributed by atoms with E-state index in [4.69, 9.17) is 0 Å². The molecule has 0 bridgehead atoms. The van der Waals surface area contributed by atoms with E-state index in [9.17, 15) is 13.2 Å². The molecule has 0 aliphatic rings.